The lowest BCUT2D eigenvalue weighted by Crippen LogP contribution is -1.80. The summed E-state index contributed by atoms with van der Waals surface area (Å²) in [5, 5.41) is 7.57. The molecule has 0 atom stereocenters. The van der Waals surface area contributed by atoms with Crippen LogP contribution in [0, 0.1) is 0 Å². The van der Waals surface area contributed by atoms with Crippen LogP contribution in [-0.4, -0.2) is 11.7 Å². The molecular formula is C14H32O. The van der Waals surface area contributed by atoms with Gasteiger partial charge in [0, 0.05) is 6.61 Å². The fourth-order valence-corrected chi connectivity index (χ4v) is 1.56. The molecule has 0 fully saturated rings. The molecule has 0 aromatic heterocycles. The van der Waals surface area contributed by atoms with Crippen molar-refractivity contribution in [2.75, 3.05) is 6.61 Å². The van der Waals surface area contributed by atoms with Gasteiger partial charge in [-0.15, -0.1) is 0 Å². The molecule has 0 amide bonds. The van der Waals surface area contributed by atoms with E-state index in [-0.39, 0.29) is 6.61 Å². The van der Waals surface area contributed by atoms with Crippen molar-refractivity contribution >= 4 is 0 Å². The molecule has 0 rings (SSSR count). The summed E-state index contributed by atoms with van der Waals surface area (Å²) in [6.07, 6.45) is 14.4. The van der Waals surface area contributed by atoms with E-state index >= 15 is 0 Å². The first-order valence-corrected chi connectivity index (χ1v) is 6.94. The quantitative estimate of drug-likeness (QED) is 0.542. The lowest BCUT2D eigenvalue weighted by Gasteiger charge is -1.99. The average molecular weight is 216 g/mol. The smallest absolute Gasteiger partial charge is 0.0402 e. The van der Waals surface area contributed by atoms with Gasteiger partial charge in [0.1, 0.15) is 0 Å². The highest BCUT2D eigenvalue weighted by Crippen LogP contribution is 2.09. The summed E-state index contributed by atoms with van der Waals surface area (Å²) in [4.78, 5) is 0. The first-order chi connectivity index (χ1) is 7.33. The molecule has 0 aliphatic rings. The fourth-order valence-electron chi connectivity index (χ4n) is 1.56. The van der Waals surface area contributed by atoms with Crippen molar-refractivity contribution in [3.05, 3.63) is 0 Å². The molecule has 0 aromatic carbocycles. The van der Waals surface area contributed by atoms with Crippen LogP contribution < -0.4 is 0 Å². The molecule has 0 aromatic rings. The Morgan fingerprint density at radius 1 is 0.533 bits per heavy atom. The van der Waals surface area contributed by atoms with Gasteiger partial charge < -0.3 is 5.11 Å². The van der Waals surface area contributed by atoms with Gasteiger partial charge in [0.25, 0.3) is 0 Å². The van der Waals surface area contributed by atoms with Gasteiger partial charge in [0.15, 0.2) is 0 Å². The Morgan fingerprint density at radius 3 is 0.933 bits per heavy atom. The van der Waals surface area contributed by atoms with E-state index < -0.39 is 0 Å². The summed E-state index contributed by atoms with van der Waals surface area (Å²) in [6, 6.07) is 0. The summed E-state index contributed by atoms with van der Waals surface area (Å²) < 4.78 is 0. The van der Waals surface area contributed by atoms with E-state index in [0.29, 0.717) is 0 Å². The monoisotopic (exact) mass is 216 g/mol. The predicted molar refractivity (Wildman–Crippen MR) is 70.3 cm³/mol. The van der Waals surface area contributed by atoms with Crippen LogP contribution in [0.25, 0.3) is 0 Å². The number of aliphatic hydroxyl groups is 1. The van der Waals surface area contributed by atoms with E-state index in [9.17, 15) is 0 Å². The maximum Gasteiger partial charge on any atom is 0.0402 e. The summed E-state index contributed by atoms with van der Waals surface area (Å²) >= 11 is 0. The first kappa shape index (κ1) is 17.4. The van der Waals surface area contributed by atoms with Gasteiger partial charge >= 0.3 is 0 Å². The standard InChI is InChI=1S/C12H26.C2H6O/c1-3-5-7-9-11-12-10-8-6-4-2;1-2-3/h3-12H2,1-2H3;3H,2H2,1H3. The van der Waals surface area contributed by atoms with Crippen LogP contribution in [-0.2, 0) is 0 Å². The van der Waals surface area contributed by atoms with Crippen LogP contribution in [0.5, 0.6) is 0 Å². The third-order valence-electron chi connectivity index (χ3n) is 2.46. The van der Waals surface area contributed by atoms with Crippen LogP contribution in [0.3, 0.4) is 0 Å². The molecule has 0 spiro atoms. The number of unbranched alkanes of at least 4 members (excludes halogenated alkanes) is 9. The van der Waals surface area contributed by atoms with Crippen molar-refractivity contribution < 1.29 is 5.11 Å². The molecule has 1 nitrogen and oxygen atoms in total. The molecule has 15 heavy (non-hydrogen) atoms. The molecular weight excluding hydrogens is 184 g/mol. The highest BCUT2D eigenvalue weighted by Gasteiger charge is 1.90. The van der Waals surface area contributed by atoms with Gasteiger partial charge in [0.05, 0.1) is 0 Å². The number of hydrogen-bond donors (Lipinski definition) is 1. The van der Waals surface area contributed by atoms with Crippen LogP contribution in [0.1, 0.15) is 85.0 Å². The zero-order valence-corrected chi connectivity index (χ0v) is 11.2. The van der Waals surface area contributed by atoms with Crippen molar-refractivity contribution in [2.45, 2.75) is 85.0 Å². The van der Waals surface area contributed by atoms with Gasteiger partial charge in [0.2, 0.25) is 0 Å². The third-order valence-corrected chi connectivity index (χ3v) is 2.46. The van der Waals surface area contributed by atoms with Crippen molar-refractivity contribution in [1.29, 1.82) is 0 Å². The number of hydrogen-bond acceptors (Lipinski definition) is 1. The molecule has 0 heterocycles. The second-order valence-electron chi connectivity index (χ2n) is 4.14. The van der Waals surface area contributed by atoms with Gasteiger partial charge in [-0.05, 0) is 6.92 Å². The van der Waals surface area contributed by atoms with Gasteiger partial charge in [-0.1, -0.05) is 78.1 Å². The largest absolute Gasteiger partial charge is 0.397 e. The van der Waals surface area contributed by atoms with Crippen LogP contribution in [0.2, 0.25) is 0 Å². The molecule has 0 radical (unpaired) electrons. The maximum atomic E-state index is 7.57. The van der Waals surface area contributed by atoms with Crippen molar-refractivity contribution in [3.8, 4) is 0 Å². The predicted octanol–water partition coefficient (Wildman–Crippen LogP) is 4.93. The van der Waals surface area contributed by atoms with Crippen LogP contribution in [0.4, 0.5) is 0 Å². The highest BCUT2D eigenvalue weighted by atomic mass is 16.2. The molecule has 94 valence electrons. The highest BCUT2D eigenvalue weighted by molar-refractivity contribution is 4.45. The Morgan fingerprint density at radius 2 is 0.733 bits per heavy atom. The molecule has 0 aliphatic heterocycles. The Labute approximate surface area is 97.3 Å². The van der Waals surface area contributed by atoms with E-state index in [4.69, 9.17) is 5.11 Å². The Hall–Kier alpha value is -0.0400. The summed E-state index contributed by atoms with van der Waals surface area (Å²) in [6.45, 7) is 6.49. The Bertz CT molecular complexity index is 71.4. The van der Waals surface area contributed by atoms with E-state index in [1.165, 1.54) is 64.2 Å². The molecule has 1 N–H and O–H groups in total. The minimum absolute atomic E-state index is 0.250. The lowest BCUT2D eigenvalue weighted by molar-refractivity contribution is 0.318. The zero-order chi connectivity index (χ0) is 11.8. The molecule has 0 unspecified atom stereocenters. The Kier molecular flexibility index (Phi) is 22.6. The fraction of sp³-hybridized carbons (Fsp3) is 1.00. The van der Waals surface area contributed by atoms with E-state index in [0.717, 1.165) is 0 Å². The second-order valence-corrected chi connectivity index (χ2v) is 4.14. The van der Waals surface area contributed by atoms with Crippen LogP contribution in [0.15, 0.2) is 0 Å². The molecule has 0 bridgehead atoms. The minimum Gasteiger partial charge on any atom is -0.397 e. The molecule has 1 heteroatoms. The molecule has 0 saturated heterocycles. The van der Waals surface area contributed by atoms with E-state index in [2.05, 4.69) is 13.8 Å². The minimum atomic E-state index is 0.250. The topological polar surface area (TPSA) is 20.2 Å². The van der Waals surface area contributed by atoms with Gasteiger partial charge in [-0.3, -0.25) is 0 Å². The van der Waals surface area contributed by atoms with Crippen molar-refractivity contribution in [2.24, 2.45) is 0 Å². The van der Waals surface area contributed by atoms with Crippen molar-refractivity contribution in [1.82, 2.24) is 0 Å². The summed E-state index contributed by atoms with van der Waals surface area (Å²) in [5.74, 6) is 0. The molecule has 0 aliphatic carbocycles. The SMILES string of the molecule is CCCCCCCCCCCC.CCO. The van der Waals surface area contributed by atoms with Gasteiger partial charge in [-0.2, -0.15) is 0 Å². The second kappa shape index (κ2) is 19.5. The van der Waals surface area contributed by atoms with Crippen molar-refractivity contribution in [3.63, 3.8) is 0 Å². The average Bonchev–Trinajstić information content (AvgIpc) is 2.23. The zero-order valence-electron chi connectivity index (χ0n) is 11.2. The maximum absolute atomic E-state index is 7.57. The number of rotatable bonds is 9. The Balaban J connectivity index is 0. The van der Waals surface area contributed by atoms with E-state index in [1.807, 2.05) is 0 Å². The number of aliphatic hydroxyl groups excluding tert-OH is 1. The van der Waals surface area contributed by atoms with E-state index in [1.54, 1.807) is 6.92 Å². The normalized spacial score (nSPS) is 9.60. The lowest BCUT2D eigenvalue weighted by atomic mass is 10.1. The summed E-state index contributed by atoms with van der Waals surface area (Å²) in [7, 11) is 0. The van der Waals surface area contributed by atoms with Crippen LogP contribution >= 0.6 is 0 Å². The van der Waals surface area contributed by atoms with Gasteiger partial charge in [-0.25, -0.2) is 0 Å². The third kappa shape index (κ3) is 24.9. The first-order valence-electron chi connectivity index (χ1n) is 6.94. The summed E-state index contributed by atoms with van der Waals surface area (Å²) in [5.41, 5.74) is 0. The molecule has 0 saturated carbocycles.